The summed E-state index contributed by atoms with van der Waals surface area (Å²) in [6.07, 6.45) is 1.57. The van der Waals surface area contributed by atoms with Crippen molar-refractivity contribution in [3.8, 4) is 0 Å². The largest absolute Gasteiger partial charge is 0.312 e. The molecule has 0 fully saturated rings. The van der Waals surface area contributed by atoms with E-state index in [1.165, 1.54) is 13.0 Å². The van der Waals surface area contributed by atoms with Crippen LogP contribution in [-0.4, -0.2) is 39.4 Å². The third kappa shape index (κ3) is 4.59. The minimum atomic E-state index is -3.99. The molecule has 1 atom stereocenters. The Kier molecular flexibility index (Phi) is 6.17. The lowest BCUT2D eigenvalue weighted by Crippen LogP contribution is -2.49. The Morgan fingerprint density at radius 1 is 0.857 bits per heavy atom. The van der Waals surface area contributed by atoms with Gasteiger partial charge in [-0.15, -0.1) is 0 Å². The Bertz CT molecular complexity index is 1390. The first-order valence-electron chi connectivity index (χ1n) is 11.7. The van der Waals surface area contributed by atoms with Gasteiger partial charge in [-0.25, -0.2) is 8.42 Å². The van der Waals surface area contributed by atoms with E-state index in [1.807, 2.05) is 54.6 Å². The van der Waals surface area contributed by atoms with E-state index in [4.69, 9.17) is 0 Å². The lowest BCUT2D eigenvalue weighted by molar-refractivity contribution is -0.120. The topological polar surface area (TPSA) is 86.8 Å². The molecule has 2 amide bonds. The average molecular weight is 490 g/mol. The number of hydrogen-bond acceptors (Lipinski definition) is 4. The lowest BCUT2D eigenvalue weighted by Gasteiger charge is -2.25. The maximum Gasteiger partial charge on any atom is 0.245 e. The van der Waals surface area contributed by atoms with Crippen molar-refractivity contribution < 1.29 is 18.0 Å². The highest BCUT2D eigenvalue weighted by Crippen LogP contribution is 2.31. The Morgan fingerprint density at radius 3 is 2.29 bits per heavy atom. The van der Waals surface area contributed by atoms with Gasteiger partial charge in [-0.1, -0.05) is 48.5 Å². The van der Waals surface area contributed by atoms with Gasteiger partial charge in [-0.2, -0.15) is 4.72 Å². The fourth-order valence-electron chi connectivity index (χ4n) is 4.91. The summed E-state index contributed by atoms with van der Waals surface area (Å²) in [5.41, 5.74) is 4.32. The van der Waals surface area contributed by atoms with Crippen molar-refractivity contribution in [3.05, 3.63) is 89.5 Å². The van der Waals surface area contributed by atoms with Gasteiger partial charge in [-0.05, 0) is 60.2 Å². The summed E-state index contributed by atoms with van der Waals surface area (Å²) in [4.78, 5) is 28.9. The van der Waals surface area contributed by atoms with Gasteiger partial charge in [0.1, 0.15) is 6.04 Å². The second-order valence-electron chi connectivity index (χ2n) is 8.94. The third-order valence-electron chi connectivity index (χ3n) is 6.67. The first kappa shape index (κ1) is 23.3. The van der Waals surface area contributed by atoms with Crippen LogP contribution < -0.4 is 14.5 Å². The molecule has 35 heavy (non-hydrogen) atoms. The Hall–Kier alpha value is -3.49. The molecule has 0 saturated heterocycles. The van der Waals surface area contributed by atoms with Crippen molar-refractivity contribution in [1.29, 1.82) is 0 Å². The Balaban J connectivity index is 1.44. The highest BCUT2D eigenvalue weighted by atomic mass is 32.2. The number of sulfonamides is 1. The van der Waals surface area contributed by atoms with Crippen LogP contribution in [0.3, 0.4) is 0 Å². The van der Waals surface area contributed by atoms with E-state index in [-0.39, 0.29) is 23.1 Å². The fraction of sp³-hybridized carbons (Fsp3) is 0.259. The zero-order chi connectivity index (χ0) is 24.6. The van der Waals surface area contributed by atoms with E-state index < -0.39 is 16.1 Å². The van der Waals surface area contributed by atoms with Crippen molar-refractivity contribution in [1.82, 2.24) is 4.72 Å². The number of fused-ring (bicyclic) bond motifs is 2. The number of benzene rings is 3. The molecule has 1 unspecified atom stereocenters. The van der Waals surface area contributed by atoms with Crippen LogP contribution >= 0.6 is 0 Å². The predicted molar refractivity (Wildman–Crippen MR) is 135 cm³/mol. The molecular formula is C27H27N3O4S. The standard InChI is InChI=1S/C27H27N3O4S/c1-19(31)29-15-14-22-18-23(11-12-26(22)29)35(33,34)28-24(17-20-7-3-2-4-8-20)27(32)30-16-13-21-9-5-6-10-25(21)30/h2-12,18,24,28H,13-17H2,1H3. The molecule has 0 bridgehead atoms. The van der Waals surface area contributed by atoms with Gasteiger partial charge < -0.3 is 9.80 Å². The fourth-order valence-corrected chi connectivity index (χ4v) is 6.15. The summed E-state index contributed by atoms with van der Waals surface area (Å²) in [6.45, 7) is 2.55. The van der Waals surface area contributed by atoms with E-state index in [0.717, 1.165) is 34.5 Å². The monoisotopic (exact) mass is 489 g/mol. The molecule has 0 aliphatic carbocycles. The van der Waals surface area contributed by atoms with Crippen molar-refractivity contribution >= 4 is 33.2 Å². The number of carbonyl (C=O) groups excluding carboxylic acids is 2. The van der Waals surface area contributed by atoms with Gasteiger partial charge in [0.05, 0.1) is 4.90 Å². The maximum atomic E-state index is 13.7. The van der Waals surface area contributed by atoms with Crippen molar-refractivity contribution in [2.75, 3.05) is 22.9 Å². The second kappa shape index (κ2) is 9.28. The van der Waals surface area contributed by atoms with Gasteiger partial charge in [-0.3, -0.25) is 9.59 Å². The zero-order valence-electron chi connectivity index (χ0n) is 19.5. The molecule has 180 valence electrons. The molecule has 2 aliphatic heterocycles. The maximum absolute atomic E-state index is 13.7. The van der Waals surface area contributed by atoms with E-state index in [9.17, 15) is 18.0 Å². The van der Waals surface area contributed by atoms with Crippen LogP contribution in [0, 0.1) is 0 Å². The van der Waals surface area contributed by atoms with Crippen molar-refractivity contribution in [2.45, 2.75) is 37.1 Å². The number of para-hydroxylation sites is 1. The van der Waals surface area contributed by atoms with E-state index in [1.54, 1.807) is 21.9 Å². The Morgan fingerprint density at radius 2 is 1.51 bits per heavy atom. The van der Waals surface area contributed by atoms with Crippen LogP contribution in [0.1, 0.15) is 23.6 Å². The summed E-state index contributed by atoms with van der Waals surface area (Å²) in [6, 6.07) is 20.9. The summed E-state index contributed by atoms with van der Waals surface area (Å²) in [5, 5.41) is 0. The number of rotatable bonds is 6. The summed E-state index contributed by atoms with van der Waals surface area (Å²) in [7, 11) is -3.99. The minimum Gasteiger partial charge on any atom is -0.312 e. The van der Waals surface area contributed by atoms with Gasteiger partial charge in [0.25, 0.3) is 0 Å². The Labute approximate surface area is 205 Å². The lowest BCUT2D eigenvalue weighted by atomic mass is 10.1. The van der Waals surface area contributed by atoms with E-state index >= 15 is 0 Å². The second-order valence-corrected chi connectivity index (χ2v) is 10.7. The van der Waals surface area contributed by atoms with Crippen LogP contribution in [0.15, 0.2) is 77.7 Å². The van der Waals surface area contributed by atoms with Crippen molar-refractivity contribution in [3.63, 3.8) is 0 Å². The highest BCUT2D eigenvalue weighted by molar-refractivity contribution is 7.89. The number of nitrogens with one attached hydrogen (secondary N) is 1. The van der Waals surface area contributed by atoms with Gasteiger partial charge in [0, 0.05) is 31.4 Å². The normalized spacial score (nSPS) is 15.6. The molecule has 5 rings (SSSR count). The first-order chi connectivity index (χ1) is 16.8. The van der Waals surface area contributed by atoms with Gasteiger partial charge in [0.15, 0.2) is 0 Å². The SMILES string of the molecule is CC(=O)N1CCc2cc(S(=O)(=O)NC(Cc3ccccc3)C(=O)N3CCc4ccccc43)ccc21. The van der Waals surface area contributed by atoms with Gasteiger partial charge >= 0.3 is 0 Å². The van der Waals surface area contributed by atoms with E-state index in [2.05, 4.69) is 4.72 Å². The zero-order valence-corrected chi connectivity index (χ0v) is 20.3. The summed E-state index contributed by atoms with van der Waals surface area (Å²) in [5.74, 6) is -0.344. The molecule has 8 heteroatoms. The predicted octanol–water partition coefficient (Wildman–Crippen LogP) is 3.07. The number of amides is 2. The summed E-state index contributed by atoms with van der Waals surface area (Å²) >= 11 is 0. The average Bonchev–Trinajstić information content (AvgIpc) is 3.48. The van der Waals surface area contributed by atoms with Crippen molar-refractivity contribution in [2.24, 2.45) is 0 Å². The van der Waals surface area contributed by atoms with Crippen LogP contribution in [0.25, 0.3) is 0 Å². The molecule has 1 N–H and O–H groups in total. The summed E-state index contributed by atoms with van der Waals surface area (Å²) < 4.78 is 29.6. The number of hydrogen-bond donors (Lipinski definition) is 1. The molecular weight excluding hydrogens is 462 g/mol. The van der Waals surface area contributed by atoms with E-state index in [0.29, 0.717) is 19.5 Å². The smallest absolute Gasteiger partial charge is 0.245 e. The van der Waals surface area contributed by atoms with Crippen LogP contribution in [0.4, 0.5) is 11.4 Å². The molecule has 2 heterocycles. The quantitative estimate of drug-likeness (QED) is 0.577. The molecule has 7 nitrogen and oxygen atoms in total. The highest BCUT2D eigenvalue weighted by Gasteiger charge is 2.34. The molecule has 0 saturated carbocycles. The molecule has 3 aromatic carbocycles. The van der Waals surface area contributed by atoms with Crippen LogP contribution in [-0.2, 0) is 38.9 Å². The minimum absolute atomic E-state index is 0.0723. The number of anilines is 2. The number of nitrogens with zero attached hydrogens (tertiary/aromatic N) is 2. The number of carbonyl (C=O) groups is 2. The van der Waals surface area contributed by atoms with Gasteiger partial charge in [0.2, 0.25) is 21.8 Å². The molecule has 0 spiro atoms. The molecule has 0 aromatic heterocycles. The first-order valence-corrected chi connectivity index (χ1v) is 13.2. The molecule has 0 radical (unpaired) electrons. The molecule has 3 aromatic rings. The third-order valence-corrected chi connectivity index (χ3v) is 8.14. The molecule has 2 aliphatic rings. The van der Waals surface area contributed by atoms with Crippen LogP contribution in [0.2, 0.25) is 0 Å². The van der Waals surface area contributed by atoms with Crippen LogP contribution in [0.5, 0.6) is 0 Å².